The standard InChI is InChI=1S/C64H119N4O23P/c1-43(2)92(83,84)88-39-22-14-10-18-33-65-51(73)25-23-26-54(76)68-64(30-27-47(72)24-15-7-6-11-19-36-85-61-44(3)55(77)58(80)48(40-69)89-61,31-28-52(74)66-34-16-8-12-20-37-86-62-45(4)56(78)59(81)49(41-70)90-62)32-29-53(75)67-35-17-9-13-21-38-87-63-46(5)57(79)60(82)50(42-71)91-63/h43-46,48-50,55-63,69-71,77-82H,6-42H2,1-5H3,(H,65,73)(H,66,74)(H,67,75)(H,68,76)(H,83,84)/t44?,45?,46?,48?,49?,50?,55-,56-,57-,58+,59+,60+,61-,62-,63-,64?/m1/s1. The zero-order valence-electron chi connectivity index (χ0n) is 55.6. The molecule has 0 aliphatic carbocycles. The number of aliphatic hydroxyl groups is 9. The predicted molar refractivity (Wildman–Crippen MR) is 339 cm³/mol. The number of carbonyl (C=O) groups is 5. The molecule has 0 aromatic heterocycles. The van der Waals surface area contributed by atoms with E-state index in [-0.39, 0.29) is 100 Å². The lowest BCUT2D eigenvalue weighted by Crippen LogP contribution is -2.55. The molecule has 0 spiro atoms. The van der Waals surface area contributed by atoms with Crippen LogP contribution in [0.5, 0.6) is 0 Å². The molecule has 28 heteroatoms. The lowest BCUT2D eigenvalue weighted by molar-refractivity contribution is -0.282. The van der Waals surface area contributed by atoms with Crippen molar-refractivity contribution < 1.29 is 112 Å². The maximum absolute atomic E-state index is 14.0. The first-order chi connectivity index (χ1) is 43.9. The number of rotatable bonds is 51. The van der Waals surface area contributed by atoms with E-state index in [0.717, 1.165) is 57.8 Å². The zero-order chi connectivity index (χ0) is 68.1. The van der Waals surface area contributed by atoms with E-state index in [4.69, 9.17) is 32.9 Å². The van der Waals surface area contributed by atoms with Crippen molar-refractivity contribution in [2.45, 2.75) is 293 Å². The van der Waals surface area contributed by atoms with E-state index < -0.39 is 130 Å². The van der Waals surface area contributed by atoms with Crippen LogP contribution in [-0.2, 0) is 61.5 Å². The van der Waals surface area contributed by atoms with Gasteiger partial charge in [0.05, 0.1) is 50.4 Å². The molecule has 3 saturated heterocycles. The summed E-state index contributed by atoms with van der Waals surface area (Å²) in [5.41, 5.74) is -1.64. The quantitative estimate of drug-likeness (QED) is 0.0307. The Hall–Kier alpha value is -2.90. The van der Waals surface area contributed by atoms with E-state index in [1.165, 1.54) is 0 Å². The Morgan fingerprint density at radius 2 is 0.750 bits per heavy atom. The minimum Gasteiger partial charge on any atom is -0.394 e. The van der Waals surface area contributed by atoms with Crippen LogP contribution in [0.3, 0.4) is 0 Å². The van der Waals surface area contributed by atoms with Crippen LogP contribution in [0, 0.1) is 17.8 Å². The summed E-state index contributed by atoms with van der Waals surface area (Å²) in [6.45, 7) is 9.31. The Morgan fingerprint density at radius 1 is 0.424 bits per heavy atom. The highest BCUT2D eigenvalue weighted by atomic mass is 31.2. The second kappa shape index (κ2) is 46.3. The molecule has 16 atom stereocenters. The Kier molecular flexibility index (Phi) is 42.0. The van der Waals surface area contributed by atoms with Crippen molar-refractivity contribution in [3.63, 3.8) is 0 Å². The number of hydrogen-bond acceptors (Lipinski definition) is 22. The van der Waals surface area contributed by atoms with Gasteiger partial charge in [-0.25, -0.2) is 0 Å². The Morgan fingerprint density at radius 3 is 1.13 bits per heavy atom. The molecule has 0 saturated carbocycles. The number of amides is 4. The van der Waals surface area contributed by atoms with Crippen molar-refractivity contribution in [1.29, 1.82) is 0 Å². The summed E-state index contributed by atoms with van der Waals surface area (Å²) in [6, 6.07) is 0. The molecule has 3 heterocycles. The topological polar surface area (TPSA) is 417 Å². The van der Waals surface area contributed by atoms with Crippen molar-refractivity contribution in [2.75, 3.05) is 65.9 Å². The first-order valence-corrected chi connectivity index (χ1v) is 35.9. The van der Waals surface area contributed by atoms with E-state index in [9.17, 15) is 79.4 Å². The van der Waals surface area contributed by atoms with E-state index in [1.54, 1.807) is 34.6 Å². The first-order valence-electron chi connectivity index (χ1n) is 34.2. The molecule has 27 nitrogen and oxygen atoms in total. The van der Waals surface area contributed by atoms with Gasteiger partial charge in [0.25, 0.3) is 0 Å². The minimum absolute atomic E-state index is 0.0192. The molecule has 3 rings (SSSR count). The van der Waals surface area contributed by atoms with Crippen LogP contribution in [-0.4, -0.2) is 231 Å². The average Bonchev–Trinajstić information content (AvgIpc) is 0.965. The van der Waals surface area contributed by atoms with Crippen LogP contribution in [0.25, 0.3) is 0 Å². The Labute approximate surface area is 545 Å². The number of nitrogens with one attached hydrogen (secondary N) is 4. The number of Topliss-reactive ketones (excluding diaryl/α,β-unsaturated/α-hetero) is 1. The van der Waals surface area contributed by atoms with Gasteiger partial charge in [-0.2, -0.15) is 0 Å². The third kappa shape index (κ3) is 31.5. The maximum Gasteiger partial charge on any atom is 0.330 e. The van der Waals surface area contributed by atoms with Crippen molar-refractivity contribution in [2.24, 2.45) is 17.8 Å². The molecule has 4 amide bonds. The third-order valence-corrected chi connectivity index (χ3v) is 19.7. The van der Waals surface area contributed by atoms with Gasteiger partial charge in [-0.15, -0.1) is 0 Å². The molecule has 3 aliphatic rings. The SMILES string of the molecule is CC1[C@H](OCCCCCCCC(=O)CCC(CCC(=O)NCCCCCCO[C@@H]2OC(CO)[C@H](O)[C@H](O)C2C)(CCC(=O)NCCCCCCO[C@@H]2OC(CO)[C@H](O)[C@H](O)C2C)NC(=O)CCCC(=O)NCCCCCCOP(=O)(O)C(C)C)OC(CO)[C@H](O)[C@@H]1O. The minimum atomic E-state index is -3.62. The molecule has 3 aliphatic heterocycles. The molecular formula is C64H119N4O23P. The number of ketones is 1. The first kappa shape index (κ1) is 83.3. The zero-order valence-corrected chi connectivity index (χ0v) is 56.5. The number of aliphatic hydroxyl groups excluding tert-OH is 9. The fraction of sp³-hybridized carbons (Fsp3) is 0.922. The van der Waals surface area contributed by atoms with Crippen molar-refractivity contribution >= 4 is 37.0 Å². The fourth-order valence-electron chi connectivity index (χ4n) is 11.4. The predicted octanol–water partition coefficient (Wildman–Crippen LogP) is 3.18. The summed E-state index contributed by atoms with van der Waals surface area (Å²) in [5.74, 6) is -2.70. The van der Waals surface area contributed by atoms with Gasteiger partial charge >= 0.3 is 7.60 Å². The third-order valence-electron chi connectivity index (χ3n) is 17.9. The van der Waals surface area contributed by atoms with Crippen molar-refractivity contribution in [1.82, 2.24) is 21.3 Å². The Bertz CT molecular complexity index is 1930. The molecule has 538 valence electrons. The van der Waals surface area contributed by atoms with Crippen LogP contribution in [0.2, 0.25) is 0 Å². The summed E-state index contributed by atoms with van der Waals surface area (Å²) in [6.07, 6.45) is 1.00. The van der Waals surface area contributed by atoms with E-state index in [2.05, 4.69) is 21.3 Å². The summed E-state index contributed by atoms with van der Waals surface area (Å²) in [4.78, 5) is 77.6. The van der Waals surface area contributed by atoms with Crippen LogP contribution < -0.4 is 21.3 Å². The van der Waals surface area contributed by atoms with Gasteiger partial charge in [0.2, 0.25) is 23.6 Å². The summed E-state index contributed by atoms with van der Waals surface area (Å²) < 4.78 is 51.7. The van der Waals surface area contributed by atoms with Crippen molar-refractivity contribution in [3.05, 3.63) is 0 Å². The van der Waals surface area contributed by atoms with Crippen molar-refractivity contribution in [3.8, 4) is 0 Å². The van der Waals surface area contributed by atoms with Crippen LogP contribution in [0.1, 0.15) is 208 Å². The molecular weight excluding hydrogens is 1220 g/mol. The molecule has 0 aromatic rings. The fourth-order valence-corrected chi connectivity index (χ4v) is 12.0. The highest BCUT2D eigenvalue weighted by Gasteiger charge is 2.45. The van der Waals surface area contributed by atoms with Gasteiger partial charge in [0.15, 0.2) is 18.9 Å². The van der Waals surface area contributed by atoms with Crippen LogP contribution >= 0.6 is 7.60 Å². The van der Waals surface area contributed by atoms with E-state index >= 15 is 0 Å². The Balaban J connectivity index is 1.61. The molecule has 3 fully saturated rings. The van der Waals surface area contributed by atoms with Gasteiger partial charge in [-0.1, -0.05) is 92.4 Å². The number of ether oxygens (including phenoxy) is 6. The van der Waals surface area contributed by atoms with Crippen LogP contribution in [0.4, 0.5) is 0 Å². The van der Waals surface area contributed by atoms with Gasteiger partial charge in [0.1, 0.15) is 42.4 Å². The average molecular weight is 1340 g/mol. The smallest absolute Gasteiger partial charge is 0.330 e. The van der Waals surface area contributed by atoms with Gasteiger partial charge in [-0.3, -0.25) is 28.5 Å². The number of unbranched alkanes of at least 4 members (excludes halogenated alkanes) is 13. The second-order valence-corrected chi connectivity index (χ2v) is 28.3. The lowest BCUT2D eigenvalue weighted by Gasteiger charge is -2.40. The molecule has 14 N–H and O–H groups in total. The molecule has 0 radical (unpaired) electrons. The van der Waals surface area contributed by atoms with Crippen LogP contribution in [0.15, 0.2) is 0 Å². The summed E-state index contributed by atoms with van der Waals surface area (Å²) in [7, 11) is -3.62. The van der Waals surface area contributed by atoms with Gasteiger partial charge < -0.3 is 105 Å². The largest absolute Gasteiger partial charge is 0.394 e. The highest BCUT2D eigenvalue weighted by molar-refractivity contribution is 7.53. The maximum atomic E-state index is 14.0. The van der Waals surface area contributed by atoms with Gasteiger partial charge in [0, 0.05) is 101 Å². The monoisotopic (exact) mass is 1340 g/mol. The normalized spacial score (nSPS) is 28.1. The van der Waals surface area contributed by atoms with E-state index in [0.29, 0.717) is 90.8 Å². The number of carbonyl (C=O) groups excluding carboxylic acids is 5. The second-order valence-electron chi connectivity index (χ2n) is 25.8. The molecule has 92 heavy (non-hydrogen) atoms. The van der Waals surface area contributed by atoms with Gasteiger partial charge in [-0.05, 0) is 77.0 Å². The number of hydrogen-bond donors (Lipinski definition) is 14. The molecule has 0 bridgehead atoms. The lowest BCUT2D eigenvalue weighted by atomic mass is 9.82. The summed E-state index contributed by atoms with van der Waals surface area (Å²) in [5, 5.41) is 102. The molecule has 0 aromatic carbocycles. The molecule has 7 unspecified atom stereocenters. The highest BCUT2D eigenvalue weighted by Crippen LogP contribution is 2.47. The van der Waals surface area contributed by atoms with E-state index in [1.807, 2.05) is 0 Å². The summed E-state index contributed by atoms with van der Waals surface area (Å²) >= 11 is 0.